The molecule has 120 valence electrons. The van der Waals surface area contributed by atoms with Gasteiger partial charge in [-0.3, -0.25) is 0 Å². The molecule has 0 bridgehead atoms. The van der Waals surface area contributed by atoms with Gasteiger partial charge in [0.15, 0.2) is 0 Å². The molecule has 0 aliphatic carbocycles. The fourth-order valence-electron chi connectivity index (χ4n) is 2.97. The normalized spacial score (nSPS) is 14.0. The van der Waals surface area contributed by atoms with E-state index in [0.717, 1.165) is 31.6 Å². The van der Waals surface area contributed by atoms with Gasteiger partial charge in [-0.1, -0.05) is 13.8 Å². The molecule has 0 aromatic heterocycles. The lowest BCUT2D eigenvalue weighted by atomic mass is 9.83. The molecule has 3 nitrogen and oxygen atoms in total. The van der Waals surface area contributed by atoms with Crippen LogP contribution in [0.5, 0.6) is 5.75 Å². The molecule has 0 saturated heterocycles. The van der Waals surface area contributed by atoms with Crippen LogP contribution < -0.4 is 10.5 Å². The summed E-state index contributed by atoms with van der Waals surface area (Å²) in [5, 5.41) is 9.89. The Kier molecular flexibility index (Phi) is 7.20. The van der Waals surface area contributed by atoms with E-state index in [-0.39, 0.29) is 0 Å². The largest absolute Gasteiger partial charge is 0.493 e. The highest BCUT2D eigenvalue weighted by Gasteiger charge is 2.20. The van der Waals surface area contributed by atoms with Gasteiger partial charge in [-0.05, 0) is 74.3 Å². The molecule has 0 heterocycles. The van der Waals surface area contributed by atoms with Crippen molar-refractivity contribution in [3.8, 4) is 5.75 Å². The molecule has 2 atom stereocenters. The van der Waals surface area contributed by atoms with Gasteiger partial charge >= 0.3 is 0 Å². The molecule has 2 unspecified atom stereocenters. The Balaban J connectivity index is 3.14. The van der Waals surface area contributed by atoms with Gasteiger partial charge in [0.1, 0.15) is 5.75 Å². The van der Waals surface area contributed by atoms with Crippen molar-refractivity contribution in [1.82, 2.24) is 0 Å². The lowest BCUT2D eigenvalue weighted by Gasteiger charge is -2.25. The molecule has 3 heteroatoms. The summed E-state index contributed by atoms with van der Waals surface area (Å²) in [4.78, 5) is 0. The Morgan fingerprint density at radius 1 is 1.19 bits per heavy atom. The molecule has 1 rings (SSSR count). The first-order valence-corrected chi connectivity index (χ1v) is 8.07. The minimum absolute atomic E-state index is 0.325. The van der Waals surface area contributed by atoms with Crippen molar-refractivity contribution < 1.29 is 9.84 Å². The third-order valence-electron chi connectivity index (χ3n) is 4.30. The van der Waals surface area contributed by atoms with Crippen LogP contribution in [0.25, 0.3) is 0 Å². The van der Waals surface area contributed by atoms with Gasteiger partial charge in [-0.15, -0.1) is 0 Å². The van der Waals surface area contributed by atoms with Gasteiger partial charge in [-0.2, -0.15) is 0 Å². The van der Waals surface area contributed by atoms with Gasteiger partial charge in [0.05, 0.1) is 12.7 Å². The van der Waals surface area contributed by atoms with Crippen molar-refractivity contribution in [1.29, 1.82) is 0 Å². The zero-order valence-corrected chi connectivity index (χ0v) is 14.2. The lowest BCUT2D eigenvalue weighted by Crippen LogP contribution is -2.23. The average Bonchev–Trinajstić information content (AvgIpc) is 2.48. The van der Waals surface area contributed by atoms with Crippen LogP contribution >= 0.6 is 0 Å². The Labute approximate surface area is 129 Å². The second-order valence-corrected chi connectivity index (χ2v) is 5.93. The number of hydrogen-bond donors (Lipinski definition) is 2. The minimum atomic E-state index is -0.426. The molecular weight excluding hydrogens is 262 g/mol. The van der Waals surface area contributed by atoms with Crippen molar-refractivity contribution >= 4 is 0 Å². The molecule has 0 saturated carbocycles. The van der Waals surface area contributed by atoms with Gasteiger partial charge in [0.2, 0.25) is 0 Å². The number of aliphatic hydroxyl groups is 1. The molecule has 0 fully saturated rings. The number of ether oxygens (including phenoxy) is 1. The molecule has 21 heavy (non-hydrogen) atoms. The molecule has 0 aliphatic heterocycles. The van der Waals surface area contributed by atoms with E-state index in [1.165, 1.54) is 22.3 Å². The molecule has 1 aromatic rings. The van der Waals surface area contributed by atoms with E-state index in [9.17, 15) is 5.11 Å². The molecule has 0 radical (unpaired) electrons. The van der Waals surface area contributed by atoms with Crippen LogP contribution in [-0.2, 0) is 0 Å². The fourth-order valence-corrected chi connectivity index (χ4v) is 2.97. The number of hydrogen-bond acceptors (Lipinski definition) is 3. The van der Waals surface area contributed by atoms with Crippen LogP contribution in [0.3, 0.4) is 0 Å². The summed E-state index contributed by atoms with van der Waals surface area (Å²) in [7, 11) is 0. The van der Waals surface area contributed by atoms with Crippen molar-refractivity contribution in [2.45, 2.75) is 65.9 Å². The molecule has 0 amide bonds. The fraction of sp³-hybridized carbons (Fsp3) is 0.667. The van der Waals surface area contributed by atoms with E-state index in [1.54, 1.807) is 0 Å². The van der Waals surface area contributed by atoms with E-state index < -0.39 is 6.10 Å². The number of aryl methyl sites for hydroxylation is 1. The zero-order valence-electron chi connectivity index (χ0n) is 14.2. The SMILES string of the molecule is CCCOc1cc(C)c(C(CC)CC(O)CN)c(C)c1C. The molecule has 1 aromatic carbocycles. The minimum Gasteiger partial charge on any atom is -0.493 e. The van der Waals surface area contributed by atoms with Crippen LogP contribution in [0.15, 0.2) is 6.07 Å². The van der Waals surface area contributed by atoms with Crippen LogP contribution in [0, 0.1) is 20.8 Å². The summed E-state index contributed by atoms with van der Waals surface area (Å²) >= 11 is 0. The molecule has 3 N–H and O–H groups in total. The van der Waals surface area contributed by atoms with Gasteiger partial charge < -0.3 is 15.6 Å². The third kappa shape index (κ3) is 4.45. The maximum atomic E-state index is 9.89. The van der Waals surface area contributed by atoms with Gasteiger partial charge in [-0.25, -0.2) is 0 Å². The topological polar surface area (TPSA) is 55.5 Å². The maximum Gasteiger partial charge on any atom is 0.122 e. The molecule has 0 aliphatic rings. The third-order valence-corrected chi connectivity index (χ3v) is 4.30. The quantitative estimate of drug-likeness (QED) is 0.770. The monoisotopic (exact) mass is 293 g/mol. The van der Waals surface area contributed by atoms with Crippen LogP contribution in [-0.4, -0.2) is 24.4 Å². The van der Waals surface area contributed by atoms with Crippen molar-refractivity contribution in [2.24, 2.45) is 5.73 Å². The van der Waals surface area contributed by atoms with Crippen molar-refractivity contribution in [2.75, 3.05) is 13.2 Å². The van der Waals surface area contributed by atoms with Crippen LogP contribution in [0.4, 0.5) is 0 Å². The molecular formula is C18H31NO2. The lowest BCUT2D eigenvalue weighted by molar-refractivity contribution is 0.162. The van der Waals surface area contributed by atoms with E-state index in [0.29, 0.717) is 12.5 Å². The summed E-state index contributed by atoms with van der Waals surface area (Å²) in [6.07, 6.45) is 2.32. The molecule has 0 spiro atoms. The summed E-state index contributed by atoms with van der Waals surface area (Å²) in [5.41, 5.74) is 10.7. The van der Waals surface area contributed by atoms with Gasteiger partial charge in [0.25, 0.3) is 0 Å². The van der Waals surface area contributed by atoms with Crippen LogP contribution in [0.2, 0.25) is 0 Å². The predicted molar refractivity (Wildman–Crippen MR) is 89.1 cm³/mol. The summed E-state index contributed by atoms with van der Waals surface area (Å²) in [5.74, 6) is 1.34. The highest BCUT2D eigenvalue weighted by Crippen LogP contribution is 2.36. The summed E-state index contributed by atoms with van der Waals surface area (Å²) in [6.45, 7) is 11.8. The standard InChI is InChI=1S/C18H31NO2/c1-6-8-21-17-9-12(3)18(14(5)13(17)4)15(7-2)10-16(20)11-19/h9,15-16,20H,6-8,10-11,19H2,1-5H3. The number of aliphatic hydroxyl groups excluding tert-OH is 1. The number of nitrogens with two attached hydrogens (primary N) is 1. The second-order valence-electron chi connectivity index (χ2n) is 5.93. The average molecular weight is 293 g/mol. The van der Waals surface area contributed by atoms with E-state index in [4.69, 9.17) is 10.5 Å². The maximum absolute atomic E-state index is 9.89. The van der Waals surface area contributed by atoms with E-state index in [1.807, 2.05) is 0 Å². The first-order chi connectivity index (χ1) is 9.96. The van der Waals surface area contributed by atoms with Crippen molar-refractivity contribution in [3.05, 3.63) is 28.3 Å². The zero-order chi connectivity index (χ0) is 16.0. The van der Waals surface area contributed by atoms with Crippen molar-refractivity contribution in [3.63, 3.8) is 0 Å². The number of benzene rings is 1. The van der Waals surface area contributed by atoms with Crippen LogP contribution in [0.1, 0.15) is 61.3 Å². The van der Waals surface area contributed by atoms with E-state index >= 15 is 0 Å². The Morgan fingerprint density at radius 3 is 2.38 bits per heavy atom. The van der Waals surface area contributed by atoms with E-state index in [2.05, 4.69) is 40.7 Å². The predicted octanol–water partition coefficient (Wildman–Crippen LogP) is 3.60. The Hall–Kier alpha value is -1.06. The number of rotatable bonds is 8. The first-order valence-electron chi connectivity index (χ1n) is 8.07. The Morgan fingerprint density at radius 2 is 1.86 bits per heavy atom. The Bertz CT molecular complexity index is 457. The summed E-state index contributed by atoms with van der Waals surface area (Å²) in [6, 6.07) is 2.14. The smallest absolute Gasteiger partial charge is 0.122 e. The highest BCUT2D eigenvalue weighted by atomic mass is 16.5. The summed E-state index contributed by atoms with van der Waals surface area (Å²) < 4.78 is 5.85. The first kappa shape index (κ1) is 18.0. The van der Waals surface area contributed by atoms with Gasteiger partial charge in [0, 0.05) is 6.54 Å². The second kappa shape index (κ2) is 8.40. The highest BCUT2D eigenvalue weighted by molar-refractivity contribution is 5.49.